The molecular formula is C22H21FINO4S. The molecule has 2 aromatic carbocycles. The summed E-state index contributed by atoms with van der Waals surface area (Å²) in [5.41, 5.74) is 1.43. The second-order valence-electron chi connectivity index (χ2n) is 6.76. The van der Waals surface area contributed by atoms with Crippen LogP contribution in [-0.4, -0.2) is 29.2 Å². The van der Waals surface area contributed by atoms with Gasteiger partial charge in [-0.2, -0.15) is 0 Å². The van der Waals surface area contributed by atoms with Gasteiger partial charge in [0.05, 0.1) is 15.6 Å². The lowest BCUT2D eigenvalue weighted by Crippen LogP contribution is -2.36. The van der Waals surface area contributed by atoms with Crippen LogP contribution in [0.2, 0.25) is 0 Å². The van der Waals surface area contributed by atoms with E-state index in [1.54, 1.807) is 24.3 Å². The molecule has 0 N–H and O–H groups in total. The number of carbonyl (C=O) groups excluding carboxylic acids is 2. The predicted molar refractivity (Wildman–Crippen MR) is 124 cm³/mol. The molecular weight excluding hydrogens is 520 g/mol. The minimum Gasteiger partial charge on any atom is -0.493 e. The van der Waals surface area contributed by atoms with E-state index in [4.69, 9.17) is 9.47 Å². The van der Waals surface area contributed by atoms with Crippen LogP contribution in [-0.2, 0) is 11.4 Å². The summed E-state index contributed by atoms with van der Waals surface area (Å²) in [6.45, 7) is 3.99. The first kappa shape index (κ1) is 22.6. The first-order valence-corrected chi connectivity index (χ1v) is 11.2. The van der Waals surface area contributed by atoms with E-state index in [1.165, 1.54) is 24.1 Å². The van der Waals surface area contributed by atoms with Crippen LogP contribution >= 0.6 is 34.4 Å². The molecule has 0 radical (unpaired) electrons. The van der Waals surface area contributed by atoms with Crippen molar-refractivity contribution in [1.29, 1.82) is 0 Å². The van der Waals surface area contributed by atoms with Gasteiger partial charge in [0.2, 0.25) is 0 Å². The Morgan fingerprint density at radius 2 is 2.03 bits per heavy atom. The number of carbonyl (C=O) groups is 2. The molecule has 30 heavy (non-hydrogen) atoms. The van der Waals surface area contributed by atoms with Crippen molar-refractivity contribution in [2.24, 2.45) is 0 Å². The van der Waals surface area contributed by atoms with E-state index < -0.39 is 0 Å². The minimum atomic E-state index is -0.320. The normalized spacial score (nSPS) is 16.3. The van der Waals surface area contributed by atoms with Crippen molar-refractivity contribution in [2.45, 2.75) is 32.9 Å². The maximum atomic E-state index is 13.4. The fraction of sp³-hybridized carbons (Fsp3) is 0.273. The SMILES string of the molecule is CC[C@@H](C)N1C(=O)S/C(=C/c2cc(I)c(OCc3cccc(F)c3)c(OC)c2)C1=O. The zero-order chi connectivity index (χ0) is 21.8. The molecule has 1 aliphatic rings. The topological polar surface area (TPSA) is 55.8 Å². The van der Waals surface area contributed by atoms with Crippen LogP contribution in [0.3, 0.4) is 0 Å². The van der Waals surface area contributed by atoms with Crippen LogP contribution in [0.4, 0.5) is 9.18 Å². The molecule has 8 heteroatoms. The Hall–Kier alpha value is -2.07. The Kier molecular flexibility index (Phi) is 7.41. The Morgan fingerprint density at radius 3 is 2.70 bits per heavy atom. The van der Waals surface area contributed by atoms with Crippen molar-refractivity contribution in [2.75, 3.05) is 7.11 Å². The molecule has 3 rings (SSSR count). The van der Waals surface area contributed by atoms with Crippen molar-refractivity contribution in [3.8, 4) is 11.5 Å². The Balaban J connectivity index is 1.84. The maximum absolute atomic E-state index is 13.4. The van der Waals surface area contributed by atoms with Crippen molar-refractivity contribution in [3.63, 3.8) is 0 Å². The summed E-state index contributed by atoms with van der Waals surface area (Å²) in [6.07, 6.45) is 2.39. The minimum absolute atomic E-state index is 0.142. The first-order valence-electron chi connectivity index (χ1n) is 9.35. The molecule has 1 fully saturated rings. The summed E-state index contributed by atoms with van der Waals surface area (Å²) in [4.78, 5) is 26.6. The van der Waals surface area contributed by atoms with Gasteiger partial charge in [0.1, 0.15) is 12.4 Å². The lowest BCUT2D eigenvalue weighted by Gasteiger charge is -2.19. The summed E-state index contributed by atoms with van der Waals surface area (Å²) < 4.78 is 25.5. The number of ether oxygens (including phenoxy) is 2. The maximum Gasteiger partial charge on any atom is 0.293 e. The molecule has 1 saturated heterocycles. The highest BCUT2D eigenvalue weighted by molar-refractivity contribution is 14.1. The number of halogens is 2. The second-order valence-corrected chi connectivity index (χ2v) is 8.92. The number of hydrogen-bond acceptors (Lipinski definition) is 5. The van der Waals surface area contributed by atoms with E-state index in [0.717, 1.165) is 20.9 Å². The number of nitrogens with zero attached hydrogens (tertiary/aromatic N) is 1. The van der Waals surface area contributed by atoms with Gasteiger partial charge in [-0.05, 0) is 89.2 Å². The van der Waals surface area contributed by atoms with Crippen LogP contribution in [0.25, 0.3) is 6.08 Å². The highest BCUT2D eigenvalue weighted by atomic mass is 127. The van der Waals surface area contributed by atoms with Gasteiger partial charge in [-0.25, -0.2) is 4.39 Å². The lowest BCUT2D eigenvalue weighted by molar-refractivity contribution is -0.124. The molecule has 0 aromatic heterocycles. The Labute approximate surface area is 192 Å². The van der Waals surface area contributed by atoms with Crippen LogP contribution in [0.5, 0.6) is 11.5 Å². The van der Waals surface area contributed by atoms with E-state index in [1.807, 2.05) is 19.9 Å². The third-order valence-electron chi connectivity index (χ3n) is 4.68. The fourth-order valence-electron chi connectivity index (χ4n) is 2.94. The Bertz CT molecular complexity index is 1010. The molecule has 1 heterocycles. The quantitative estimate of drug-likeness (QED) is 0.325. The summed E-state index contributed by atoms with van der Waals surface area (Å²) in [6, 6.07) is 9.67. The van der Waals surface area contributed by atoms with E-state index in [0.29, 0.717) is 28.4 Å². The first-order chi connectivity index (χ1) is 14.3. The Morgan fingerprint density at radius 1 is 1.27 bits per heavy atom. The molecule has 0 saturated carbocycles. The monoisotopic (exact) mass is 541 g/mol. The standard InChI is InChI=1S/C22H21FINO4S/c1-4-13(2)25-21(26)19(30-22(25)27)11-15-9-17(24)20(18(10-15)28-3)29-12-14-6-5-7-16(23)8-14/h5-11,13H,4,12H2,1-3H3/b19-11+/t13-/m1/s1. The van der Waals surface area contributed by atoms with Crippen molar-refractivity contribution >= 4 is 51.6 Å². The summed E-state index contributed by atoms with van der Waals surface area (Å²) >= 11 is 3.06. The van der Waals surface area contributed by atoms with E-state index >= 15 is 0 Å². The van der Waals surface area contributed by atoms with Crippen molar-refractivity contribution < 1.29 is 23.5 Å². The zero-order valence-corrected chi connectivity index (χ0v) is 19.8. The number of rotatable bonds is 7. The molecule has 0 aliphatic carbocycles. The largest absolute Gasteiger partial charge is 0.493 e. The average molecular weight is 541 g/mol. The molecule has 1 aliphatic heterocycles. The molecule has 0 bridgehead atoms. The second kappa shape index (κ2) is 9.82. The van der Waals surface area contributed by atoms with Crippen molar-refractivity contribution in [1.82, 2.24) is 4.90 Å². The molecule has 5 nitrogen and oxygen atoms in total. The van der Waals surface area contributed by atoms with Gasteiger partial charge < -0.3 is 9.47 Å². The van der Waals surface area contributed by atoms with Gasteiger partial charge in [-0.15, -0.1) is 0 Å². The van der Waals surface area contributed by atoms with Crippen LogP contribution in [0, 0.1) is 9.39 Å². The average Bonchev–Trinajstić information content (AvgIpc) is 2.99. The number of hydrogen-bond donors (Lipinski definition) is 0. The van der Waals surface area contributed by atoms with Gasteiger partial charge >= 0.3 is 0 Å². The number of imide groups is 1. The van der Waals surface area contributed by atoms with Crippen LogP contribution in [0.15, 0.2) is 41.3 Å². The van der Waals surface area contributed by atoms with Gasteiger partial charge in [0.15, 0.2) is 11.5 Å². The van der Waals surface area contributed by atoms with Crippen LogP contribution in [0.1, 0.15) is 31.4 Å². The highest BCUT2D eigenvalue weighted by Crippen LogP contribution is 2.38. The van der Waals surface area contributed by atoms with Crippen LogP contribution < -0.4 is 9.47 Å². The number of methoxy groups -OCH3 is 1. The van der Waals surface area contributed by atoms with E-state index in [2.05, 4.69) is 22.6 Å². The molecule has 0 unspecified atom stereocenters. The molecule has 158 valence electrons. The predicted octanol–water partition coefficient (Wildman–Crippen LogP) is 5.85. The van der Waals surface area contributed by atoms with E-state index in [9.17, 15) is 14.0 Å². The molecule has 2 amide bonds. The fourth-order valence-corrected chi connectivity index (χ4v) is 4.65. The summed E-state index contributed by atoms with van der Waals surface area (Å²) in [7, 11) is 1.53. The molecule has 0 spiro atoms. The van der Waals surface area contributed by atoms with Gasteiger partial charge in [-0.3, -0.25) is 14.5 Å². The van der Waals surface area contributed by atoms with Crippen molar-refractivity contribution in [3.05, 3.63) is 61.8 Å². The van der Waals surface area contributed by atoms with Gasteiger partial charge in [-0.1, -0.05) is 19.1 Å². The zero-order valence-electron chi connectivity index (χ0n) is 16.8. The number of benzene rings is 2. The lowest BCUT2D eigenvalue weighted by atomic mass is 10.1. The molecule has 1 atom stereocenters. The summed E-state index contributed by atoms with van der Waals surface area (Å²) in [5, 5.41) is -0.252. The third kappa shape index (κ3) is 4.97. The highest BCUT2D eigenvalue weighted by Gasteiger charge is 2.37. The third-order valence-corrected chi connectivity index (χ3v) is 6.36. The number of thioether (sulfide) groups is 1. The number of amides is 2. The summed E-state index contributed by atoms with van der Waals surface area (Å²) in [5.74, 6) is 0.428. The van der Waals surface area contributed by atoms with Gasteiger partial charge in [0, 0.05) is 6.04 Å². The molecule has 2 aromatic rings. The smallest absolute Gasteiger partial charge is 0.293 e. The van der Waals surface area contributed by atoms with Gasteiger partial charge in [0.25, 0.3) is 11.1 Å². The van der Waals surface area contributed by atoms with E-state index in [-0.39, 0.29) is 29.6 Å².